The molecule has 0 fully saturated rings. The van der Waals surface area contributed by atoms with E-state index in [0.29, 0.717) is 12.8 Å². The molecule has 10 heteroatoms. The van der Waals surface area contributed by atoms with Gasteiger partial charge in [-0.25, -0.2) is 0 Å². The van der Waals surface area contributed by atoms with E-state index < -0.39 is 66.5 Å². The first-order valence-electron chi connectivity index (χ1n) is 18.3. The molecule has 0 radical (unpaired) electrons. The van der Waals surface area contributed by atoms with Crippen molar-refractivity contribution >= 4 is 22.9 Å². The summed E-state index contributed by atoms with van der Waals surface area (Å²) >= 11 is 0. The molecule has 3 rings (SSSR count). The van der Waals surface area contributed by atoms with Crippen molar-refractivity contribution in [2.45, 2.75) is 155 Å². The van der Waals surface area contributed by atoms with Crippen LogP contribution in [0.15, 0.2) is 12.1 Å². The summed E-state index contributed by atoms with van der Waals surface area (Å²) in [7, 11) is 0. The fraction of sp³-hybridized carbons (Fsp3) is 0.632. The van der Waals surface area contributed by atoms with E-state index in [4.69, 9.17) is 0 Å². The SMILES string of the molecule is CCCCCCCCCCCCc1cc([N+](=O)[O-])c2c(c1O)C(=O)c1c(O)c(CCCCCCCCCCCC)cc([N+](=O)[O-])c1C2=O. The predicted octanol–water partition coefficient (Wildman–Crippen LogP) is 10.6. The van der Waals surface area contributed by atoms with E-state index in [9.17, 15) is 40.0 Å². The maximum absolute atomic E-state index is 13.9. The third-order valence-corrected chi connectivity index (χ3v) is 9.62. The number of nitro groups is 2. The normalized spacial score (nSPS) is 12.3. The predicted molar refractivity (Wildman–Crippen MR) is 187 cm³/mol. The van der Waals surface area contributed by atoms with Gasteiger partial charge in [0.25, 0.3) is 11.4 Å². The van der Waals surface area contributed by atoms with Gasteiger partial charge in [0, 0.05) is 23.3 Å². The molecule has 1 aliphatic carbocycles. The summed E-state index contributed by atoms with van der Waals surface area (Å²) in [5.74, 6) is -3.23. The average molecular weight is 667 g/mol. The molecule has 0 spiro atoms. The van der Waals surface area contributed by atoms with Crippen LogP contribution in [-0.2, 0) is 12.8 Å². The largest absolute Gasteiger partial charge is 0.507 e. The van der Waals surface area contributed by atoms with Gasteiger partial charge >= 0.3 is 0 Å². The molecular formula is C38H54N2O8. The van der Waals surface area contributed by atoms with Gasteiger partial charge in [-0.15, -0.1) is 0 Å². The van der Waals surface area contributed by atoms with E-state index >= 15 is 0 Å². The molecule has 0 bridgehead atoms. The van der Waals surface area contributed by atoms with Gasteiger partial charge in [0.15, 0.2) is 0 Å². The van der Waals surface area contributed by atoms with Gasteiger partial charge in [-0.2, -0.15) is 0 Å². The lowest BCUT2D eigenvalue weighted by atomic mass is 9.79. The van der Waals surface area contributed by atoms with Gasteiger partial charge in [-0.1, -0.05) is 129 Å². The van der Waals surface area contributed by atoms with Crippen LogP contribution >= 0.6 is 0 Å². The zero-order valence-corrected chi connectivity index (χ0v) is 28.9. The Kier molecular flexibility index (Phi) is 16.0. The molecule has 0 saturated carbocycles. The summed E-state index contributed by atoms with van der Waals surface area (Å²) in [5.41, 5.74) is -3.51. The maximum Gasteiger partial charge on any atom is 0.281 e. The van der Waals surface area contributed by atoms with Crippen LogP contribution in [0.3, 0.4) is 0 Å². The number of rotatable bonds is 24. The highest BCUT2D eigenvalue weighted by Gasteiger charge is 2.45. The van der Waals surface area contributed by atoms with E-state index in [0.717, 1.165) is 63.5 Å². The Morgan fingerprint density at radius 3 is 1.04 bits per heavy atom. The number of phenols is 2. The molecule has 264 valence electrons. The number of phenolic OH excluding ortho intramolecular Hbond substituents is 2. The zero-order chi connectivity index (χ0) is 35.1. The lowest BCUT2D eigenvalue weighted by Gasteiger charge is -2.22. The van der Waals surface area contributed by atoms with Gasteiger partial charge in [-0.05, 0) is 25.7 Å². The van der Waals surface area contributed by atoms with Crippen LogP contribution in [-0.4, -0.2) is 31.6 Å². The molecule has 0 aromatic heterocycles. The molecule has 0 atom stereocenters. The van der Waals surface area contributed by atoms with Gasteiger partial charge < -0.3 is 10.2 Å². The number of carbonyl (C=O) groups excluding carboxylic acids is 2. The minimum absolute atomic E-state index is 0.167. The van der Waals surface area contributed by atoms with Crippen LogP contribution < -0.4 is 0 Å². The molecule has 0 unspecified atom stereocenters. The Morgan fingerprint density at radius 2 is 0.750 bits per heavy atom. The second kappa shape index (κ2) is 19.9. The molecule has 0 heterocycles. The van der Waals surface area contributed by atoms with Crippen LogP contribution in [0.5, 0.6) is 11.5 Å². The minimum atomic E-state index is -1.13. The van der Waals surface area contributed by atoms with Crippen molar-refractivity contribution in [1.29, 1.82) is 0 Å². The number of fused-ring (bicyclic) bond motifs is 2. The molecule has 0 amide bonds. The van der Waals surface area contributed by atoms with Crippen molar-refractivity contribution < 1.29 is 29.6 Å². The zero-order valence-electron chi connectivity index (χ0n) is 28.9. The average Bonchev–Trinajstić information content (AvgIpc) is 3.05. The first kappa shape index (κ1) is 38.6. The minimum Gasteiger partial charge on any atom is -0.507 e. The number of hydrogen-bond acceptors (Lipinski definition) is 8. The molecule has 2 aromatic carbocycles. The number of nitro benzene ring substituents is 2. The fourth-order valence-electron chi connectivity index (χ4n) is 6.85. The molecule has 0 saturated heterocycles. The van der Waals surface area contributed by atoms with Crippen molar-refractivity contribution in [1.82, 2.24) is 0 Å². The summed E-state index contributed by atoms with van der Waals surface area (Å²) in [6.07, 6.45) is 22.1. The summed E-state index contributed by atoms with van der Waals surface area (Å²) in [6, 6.07) is 2.20. The van der Waals surface area contributed by atoms with E-state index in [1.165, 1.54) is 64.2 Å². The maximum atomic E-state index is 13.9. The lowest BCUT2D eigenvalue weighted by molar-refractivity contribution is -0.385. The van der Waals surface area contributed by atoms with Gasteiger partial charge in [0.2, 0.25) is 11.6 Å². The molecule has 48 heavy (non-hydrogen) atoms. The monoisotopic (exact) mass is 666 g/mol. The fourth-order valence-corrected chi connectivity index (χ4v) is 6.85. The standard InChI is InChI=1S/C38H54N2O8/c1-3-5-7-9-11-13-15-17-19-21-23-27-25-29(39(45)46)31-33(35(27)41)38(44)34-32(37(31)43)30(40(47)48)26-28(36(34)42)24-22-20-18-16-14-12-10-8-6-4-2/h25-26,41-42H,3-24H2,1-2H3. The second-order valence-electron chi connectivity index (χ2n) is 13.3. The smallest absolute Gasteiger partial charge is 0.281 e. The third-order valence-electron chi connectivity index (χ3n) is 9.62. The van der Waals surface area contributed by atoms with E-state index in [-0.39, 0.29) is 24.0 Å². The van der Waals surface area contributed by atoms with Crippen molar-refractivity contribution in [2.24, 2.45) is 0 Å². The van der Waals surface area contributed by atoms with Crippen molar-refractivity contribution in [3.8, 4) is 11.5 Å². The molecule has 2 aromatic rings. The number of benzene rings is 2. The Hall–Kier alpha value is -3.82. The first-order valence-corrected chi connectivity index (χ1v) is 18.3. The number of nitrogens with zero attached hydrogens (tertiary/aromatic N) is 2. The van der Waals surface area contributed by atoms with Crippen LogP contribution in [0.2, 0.25) is 0 Å². The highest BCUT2D eigenvalue weighted by Crippen LogP contribution is 2.46. The van der Waals surface area contributed by atoms with Gasteiger partial charge in [0.05, 0.1) is 21.0 Å². The van der Waals surface area contributed by atoms with Crippen molar-refractivity contribution in [2.75, 3.05) is 0 Å². The quantitative estimate of drug-likeness (QED) is 0.0542. The Labute approximate surface area is 284 Å². The van der Waals surface area contributed by atoms with Crippen LogP contribution in [0.4, 0.5) is 11.4 Å². The van der Waals surface area contributed by atoms with Crippen LogP contribution in [0.25, 0.3) is 0 Å². The Balaban J connectivity index is 1.77. The summed E-state index contributed by atoms with van der Waals surface area (Å²) in [5, 5.41) is 46.7. The second-order valence-corrected chi connectivity index (χ2v) is 13.3. The number of hydrogen-bond donors (Lipinski definition) is 2. The Bertz CT molecular complexity index is 1330. The van der Waals surface area contributed by atoms with Gasteiger partial charge in [0.1, 0.15) is 22.6 Å². The topological polar surface area (TPSA) is 161 Å². The number of aromatic hydroxyl groups is 2. The number of ketones is 2. The van der Waals surface area contributed by atoms with Crippen LogP contribution in [0.1, 0.15) is 185 Å². The lowest BCUT2D eigenvalue weighted by Crippen LogP contribution is -2.25. The van der Waals surface area contributed by atoms with Gasteiger partial charge in [-0.3, -0.25) is 29.8 Å². The summed E-state index contributed by atoms with van der Waals surface area (Å²) in [6.45, 7) is 4.38. The number of carbonyl (C=O) groups is 2. The van der Waals surface area contributed by atoms with E-state index in [1.54, 1.807) is 0 Å². The van der Waals surface area contributed by atoms with E-state index in [2.05, 4.69) is 13.8 Å². The van der Waals surface area contributed by atoms with Crippen molar-refractivity contribution in [3.05, 3.63) is 65.7 Å². The number of unbranched alkanes of at least 4 members (excludes halogenated alkanes) is 18. The molecule has 1 aliphatic rings. The molecule has 10 nitrogen and oxygen atoms in total. The highest BCUT2D eigenvalue weighted by molar-refractivity contribution is 6.33. The summed E-state index contributed by atoms with van der Waals surface area (Å²) in [4.78, 5) is 50.3. The third kappa shape index (κ3) is 10.1. The first-order chi connectivity index (χ1) is 23.1. The number of aryl methyl sites for hydroxylation is 2. The highest BCUT2D eigenvalue weighted by atomic mass is 16.6. The molecule has 0 aliphatic heterocycles. The summed E-state index contributed by atoms with van der Waals surface area (Å²) < 4.78 is 0. The van der Waals surface area contributed by atoms with Crippen LogP contribution in [0, 0.1) is 20.2 Å². The Morgan fingerprint density at radius 1 is 0.479 bits per heavy atom. The van der Waals surface area contributed by atoms with Crippen molar-refractivity contribution in [3.63, 3.8) is 0 Å². The molecular weight excluding hydrogens is 612 g/mol. The molecule has 2 N–H and O–H groups in total. The van der Waals surface area contributed by atoms with E-state index in [1.807, 2.05) is 0 Å².